The van der Waals surface area contributed by atoms with Crippen LogP contribution < -0.4 is 5.32 Å². The number of aliphatic hydroxyl groups excluding tert-OH is 1. The van der Waals surface area contributed by atoms with E-state index in [2.05, 4.69) is 29.1 Å². The minimum atomic E-state index is -0.158. The van der Waals surface area contributed by atoms with E-state index in [9.17, 15) is 5.11 Å². The number of aliphatic hydroxyl groups is 1. The molecule has 1 aromatic rings. The van der Waals surface area contributed by atoms with Crippen LogP contribution in [0.15, 0.2) is 27.8 Å². The summed E-state index contributed by atoms with van der Waals surface area (Å²) in [5.41, 5.74) is 0. The van der Waals surface area contributed by atoms with Gasteiger partial charge in [-0.2, -0.15) is 0 Å². The van der Waals surface area contributed by atoms with E-state index < -0.39 is 0 Å². The fourth-order valence-corrected chi connectivity index (χ4v) is 2.30. The van der Waals surface area contributed by atoms with Crippen molar-refractivity contribution in [3.63, 3.8) is 0 Å². The summed E-state index contributed by atoms with van der Waals surface area (Å²) in [6.07, 6.45) is 3.98. The van der Waals surface area contributed by atoms with Gasteiger partial charge in [-0.25, -0.2) is 0 Å². The van der Waals surface area contributed by atoms with Gasteiger partial charge in [0.25, 0.3) is 0 Å². The largest absolute Gasteiger partial charge is 0.469 e. The highest BCUT2D eigenvalue weighted by molar-refractivity contribution is 5.80. The third kappa shape index (κ3) is 4.56. The molecule has 0 unspecified atom stereocenters. The summed E-state index contributed by atoms with van der Waals surface area (Å²) in [4.78, 5) is 6.91. The number of hydrogen-bond acceptors (Lipinski definition) is 3. The molecule has 1 aromatic heterocycles. The van der Waals surface area contributed by atoms with Crippen LogP contribution in [0.25, 0.3) is 0 Å². The SMILES string of the molecule is CC(C)NC(=NCCc1ccco1)N1CCC(O)CC1. The Hall–Kier alpha value is -1.49. The highest BCUT2D eigenvalue weighted by Crippen LogP contribution is 2.10. The van der Waals surface area contributed by atoms with Gasteiger partial charge in [0.05, 0.1) is 12.4 Å². The second kappa shape index (κ2) is 7.33. The molecule has 112 valence electrons. The van der Waals surface area contributed by atoms with Crippen LogP contribution in [0.2, 0.25) is 0 Å². The Morgan fingerprint density at radius 1 is 1.50 bits per heavy atom. The molecule has 0 aromatic carbocycles. The van der Waals surface area contributed by atoms with Crippen LogP contribution in [0, 0.1) is 0 Å². The van der Waals surface area contributed by atoms with Gasteiger partial charge in [0.15, 0.2) is 5.96 Å². The van der Waals surface area contributed by atoms with Crippen LogP contribution in [0.4, 0.5) is 0 Å². The summed E-state index contributed by atoms with van der Waals surface area (Å²) in [5, 5.41) is 13.0. The zero-order valence-electron chi connectivity index (χ0n) is 12.4. The molecule has 1 aliphatic heterocycles. The summed E-state index contributed by atoms with van der Waals surface area (Å²) in [6.45, 7) is 6.66. The van der Waals surface area contributed by atoms with Gasteiger partial charge >= 0.3 is 0 Å². The first-order chi connectivity index (χ1) is 9.65. The lowest BCUT2D eigenvalue weighted by Crippen LogP contribution is -2.48. The highest BCUT2D eigenvalue weighted by Gasteiger charge is 2.20. The number of aliphatic imine (C=N–C) groups is 1. The molecular formula is C15H25N3O2. The van der Waals surface area contributed by atoms with E-state index in [1.807, 2.05) is 12.1 Å². The molecule has 2 N–H and O–H groups in total. The number of nitrogens with zero attached hydrogens (tertiary/aromatic N) is 2. The monoisotopic (exact) mass is 279 g/mol. The third-order valence-electron chi connectivity index (χ3n) is 3.38. The van der Waals surface area contributed by atoms with Crippen molar-refractivity contribution in [3.8, 4) is 0 Å². The first-order valence-electron chi connectivity index (χ1n) is 7.41. The van der Waals surface area contributed by atoms with Crippen molar-refractivity contribution in [1.29, 1.82) is 0 Å². The smallest absolute Gasteiger partial charge is 0.194 e. The van der Waals surface area contributed by atoms with E-state index in [1.165, 1.54) is 0 Å². The molecule has 0 spiro atoms. The van der Waals surface area contributed by atoms with E-state index in [4.69, 9.17) is 4.42 Å². The molecule has 0 atom stereocenters. The molecule has 1 fully saturated rings. The Labute approximate surface area is 120 Å². The predicted molar refractivity (Wildman–Crippen MR) is 79.8 cm³/mol. The fraction of sp³-hybridized carbons (Fsp3) is 0.667. The van der Waals surface area contributed by atoms with Gasteiger partial charge in [-0.1, -0.05) is 0 Å². The second-order valence-corrected chi connectivity index (χ2v) is 5.55. The molecule has 20 heavy (non-hydrogen) atoms. The molecule has 0 saturated carbocycles. The molecule has 0 aliphatic carbocycles. The molecule has 0 amide bonds. The van der Waals surface area contributed by atoms with Gasteiger partial charge in [0.2, 0.25) is 0 Å². The van der Waals surface area contributed by atoms with E-state index in [-0.39, 0.29) is 6.10 Å². The Morgan fingerprint density at radius 2 is 2.25 bits per heavy atom. The average Bonchev–Trinajstić information content (AvgIpc) is 2.91. The first-order valence-corrected chi connectivity index (χ1v) is 7.41. The molecule has 5 heteroatoms. The quantitative estimate of drug-likeness (QED) is 0.649. The number of guanidine groups is 1. The van der Waals surface area contributed by atoms with Crippen molar-refractivity contribution in [3.05, 3.63) is 24.2 Å². The van der Waals surface area contributed by atoms with Crippen LogP contribution >= 0.6 is 0 Å². The lowest BCUT2D eigenvalue weighted by molar-refractivity contribution is 0.107. The third-order valence-corrected chi connectivity index (χ3v) is 3.38. The molecular weight excluding hydrogens is 254 g/mol. The van der Waals surface area contributed by atoms with Crippen molar-refractivity contribution in [2.24, 2.45) is 4.99 Å². The zero-order chi connectivity index (χ0) is 14.4. The maximum absolute atomic E-state index is 9.59. The van der Waals surface area contributed by atoms with Gasteiger partial charge in [0.1, 0.15) is 5.76 Å². The van der Waals surface area contributed by atoms with Crippen LogP contribution in [0.1, 0.15) is 32.4 Å². The second-order valence-electron chi connectivity index (χ2n) is 5.55. The van der Waals surface area contributed by atoms with Crippen LogP contribution in [-0.2, 0) is 6.42 Å². The number of hydrogen-bond donors (Lipinski definition) is 2. The highest BCUT2D eigenvalue weighted by atomic mass is 16.3. The topological polar surface area (TPSA) is 61.0 Å². The summed E-state index contributed by atoms with van der Waals surface area (Å²) in [5.74, 6) is 1.91. The Balaban J connectivity index is 1.91. The standard InChI is InChI=1S/C15H25N3O2/c1-12(2)17-15(18-9-6-13(19)7-10-18)16-8-5-14-4-3-11-20-14/h3-4,11-13,19H,5-10H2,1-2H3,(H,16,17). The molecule has 0 radical (unpaired) electrons. The number of rotatable bonds is 4. The Morgan fingerprint density at radius 3 is 2.85 bits per heavy atom. The van der Waals surface area contributed by atoms with E-state index in [0.717, 1.165) is 44.1 Å². The molecule has 1 aliphatic rings. The number of furan rings is 1. The number of likely N-dealkylation sites (tertiary alicyclic amines) is 1. The lowest BCUT2D eigenvalue weighted by atomic mass is 10.1. The fourth-order valence-electron chi connectivity index (χ4n) is 2.30. The van der Waals surface area contributed by atoms with E-state index >= 15 is 0 Å². The van der Waals surface area contributed by atoms with Crippen molar-refractivity contribution < 1.29 is 9.52 Å². The van der Waals surface area contributed by atoms with Gasteiger partial charge in [-0.05, 0) is 38.8 Å². The van der Waals surface area contributed by atoms with Crippen molar-refractivity contribution >= 4 is 5.96 Å². The normalized spacial score (nSPS) is 17.8. The van der Waals surface area contributed by atoms with Crippen molar-refractivity contribution in [2.75, 3.05) is 19.6 Å². The molecule has 0 bridgehead atoms. The molecule has 1 saturated heterocycles. The summed E-state index contributed by atoms with van der Waals surface area (Å²) >= 11 is 0. The summed E-state index contributed by atoms with van der Waals surface area (Å²) in [7, 11) is 0. The maximum atomic E-state index is 9.59. The van der Waals surface area contributed by atoms with Gasteiger partial charge in [0, 0.05) is 32.1 Å². The first kappa shape index (κ1) is 14.9. The minimum absolute atomic E-state index is 0.158. The van der Waals surface area contributed by atoms with Crippen LogP contribution in [-0.4, -0.2) is 47.7 Å². The minimum Gasteiger partial charge on any atom is -0.469 e. The predicted octanol–water partition coefficient (Wildman–Crippen LogP) is 1.63. The molecule has 2 heterocycles. The number of piperidine rings is 1. The summed E-state index contributed by atoms with van der Waals surface area (Å²) < 4.78 is 5.32. The average molecular weight is 279 g/mol. The van der Waals surface area contributed by atoms with E-state index in [0.29, 0.717) is 12.6 Å². The van der Waals surface area contributed by atoms with Gasteiger partial charge in [-0.15, -0.1) is 0 Å². The zero-order valence-corrected chi connectivity index (χ0v) is 12.4. The Kier molecular flexibility index (Phi) is 5.47. The molecule has 2 rings (SSSR count). The number of nitrogens with one attached hydrogen (secondary N) is 1. The van der Waals surface area contributed by atoms with Crippen LogP contribution in [0.5, 0.6) is 0 Å². The molecule has 5 nitrogen and oxygen atoms in total. The van der Waals surface area contributed by atoms with Gasteiger partial charge in [-0.3, -0.25) is 4.99 Å². The maximum Gasteiger partial charge on any atom is 0.194 e. The van der Waals surface area contributed by atoms with E-state index in [1.54, 1.807) is 6.26 Å². The summed E-state index contributed by atoms with van der Waals surface area (Å²) in [6, 6.07) is 4.23. The van der Waals surface area contributed by atoms with Crippen molar-refractivity contribution in [1.82, 2.24) is 10.2 Å². The van der Waals surface area contributed by atoms with Crippen molar-refractivity contribution in [2.45, 2.75) is 45.3 Å². The Bertz CT molecular complexity index is 407. The lowest BCUT2D eigenvalue weighted by Gasteiger charge is -2.33. The van der Waals surface area contributed by atoms with Crippen LogP contribution in [0.3, 0.4) is 0 Å². The van der Waals surface area contributed by atoms with Gasteiger partial charge < -0.3 is 19.7 Å².